The number of rotatable bonds is 5. The van der Waals surface area contributed by atoms with Crippen LogP contribution in [0, 0.1) is 0 Å². The molecular formula is C48H30N4. The fourth-order valence-electron chi connectivity index (χ4n) is 7.25. The van der Waals surface area contributed by atoms with E-state index in [1.807, 2.05) is 36.4 Å². The lowest BCUT2D eigenvalue weighted by atomic mass is 9.95. The predicted molar refractivity (Wildman–Crippen MR) is 215 cm³/mol. The Morgan fingerprint density at radius 1 is 0.269 bits per heavy atom. The van der Waals surface area contributed by atoms with Gasteiger partial charge in [-0.05, 0) is 51.9 Å². The Morgan fingerprint density at radius 3 is 1.52 bits per heavy atom. The van der Waals surface area contributed by atoms with Gasteiger partial charge in [-0.1, -0.05) is 152 Å². The Labute approximate surface area is 300 Å². The number of benzene rings is 7. The van der Waals surface area contributed by atoms with Crippen molar-refractivity contribution in [3.8, 4) is 56.4 Å². The summed E-state index contributed by atoms with van der Waals surface area (Å²) in [5.41, 5.74) is 10.5. The Balaban J connectivity index is 1.10. The molecule has 0 N–H and O–H groups in total. The number of hydrogen-bond acceptors (Lipinski definition) is 4. The van der Waals surface area contributed by atoms with E-state index in [4.69, 9.17) is 19.9 Å². The van der Waals surface area contributed by atoms with Crippen LogP contribution in [0.3, 0.4) is 0 Å². The second-order valence-electron chi connectivity index (χ2n) is 13.1. The number of aromatic nitrogens is 4. The van der Waals surface area contributed by atoms with Crippen molar-refractivity contribution in [1.82, 2.24) is 19.9 Å². The molecule has 0 radical (unpaired) electrons. The van der Waals surface area contributed by atoms with Gasteiger partial charge in [0.15, 0.2) is 5.82 Å². The van der Waals surface area contributed by atoms with Crippen LogP contribution in [-0.4, -0.2) is 19.9 Å². The third-order valence-corrected chi connectivity index (χ3v) is 9.85. The van der Waals surface area contributed by atoms with Gasteiger partial charge in [0, 0.05) is 38.6 Å². The van der Waals surface area contributed by atoms with Crippen LogP contribution in [0.2, 0.25) is 0 Å². The molecule has 3 heterocycles. The number of hydrogen-bond donors (Lipinski definition) is 0. The summed E-state index contributed by atoms with van der Waals surface area (Å²) in [4.78, 5) is 20.7. The van der Waals surface area contributed by atoms with E-state index in [0.29, 0.717) is 5.82 Å². The average Bonchev–Trinajstić information content (AvgIpc) is 3.23. The molecule has 0 unspecified atom stereocenters. The zero-order chi connectivity index (χ0) is 34.4. The zero-order valence-electron chi connectivity index (χ0n) is 28.1. The minimum atomic E-state index is 0.693. The molecule has 0 bridgehead atoms. The molecule has 10 aromatic rings. The van der Waals surface area contributed by atoms with E-state index in [-0.39, 0.29) is 0 Å². The van der Waals surface area contributed by atoms with Crippen LogP contribution in [0.4, 0.5) is 0 Å². The van der Waals surface area contributed by atoms with Crippen molar-refractivity contribution in [2.45, 2.75) is 0 Å². The van der Waals surface area contributed by atoms with Crippen molar-refractivity contribution >= 4 is 43.4 Å². The molecule has 0 spiro atoms. The molecule has 0 aliphatic carbocycles. The van der Waals surface area contributed by atoms with Crippen LogP contribution in [0.5, 0.6) is 0 Å². The van der Waals surface area contributed by atoms with Crippen LogP contribution in [0.25, 0.3) is 99.8 Å². The zero-order valence-corrected chi connectivity index (χ0v) is 28.1. The molecule has 0 aliphatic rings. The van der Waals surface area contributed by atoms with Gasteiger partial charge in [0.05, 0.1) is 33.8 Å². The molecule has 0 amide bonds. The maximum Gasteiger partial charge on any atom is 0.160 e. The van der Waals surface area contributed by atoms with Crippen molar-refractivity contribution in [3.05, 3.63) is 182 Å². The lowest BCUT2D eigenvalue weighted by Crippen LogP contribution is -1.96. The van der Waals surface area contributed by atoms with Gasteiger partial charge in [-0.2, -0.15) is 0 Å². The summed E-state index contributed by atoms with van der Waals surface area (Å²) in [6.07, 6.45) is 0. The van der Waals surface area contributed by atoms with Gasteiger partial charge in [0.25, 0.3) is 0 Å². The second kappa shape index (κ2) is 12.4. The second-order valence-corrected chi connectivity index (χ2v) is 13.1. The minimum Gasteiger partial charge on any atom is -0.245 e. The molecule has 0 saturated heterocycles. The summed E-state index contributed by atoms with van der Waals surface area (Å²) in [7, 11) is 0. The number of fused-ring (bicyclic) bond motifs is 6. The molecule has 3 aromatic heterocycles. The normalized spacial score (nSPS) is 11.5. The largest absolute Gasteiger partial charge is 0.245 e. The van der Waals surface area contributed by atoms with E-state index in [0.717, 1.165) is 72.4 Å². The number of nitrogens with zero attached hydrogens (tertiary/aromatic N) is 4. The van der Waals surface area contributed by atoms with Gasteiger partial charge in [-0.15, -0.1) is 0 Å². The van der Waals surface area contributed by atoms with Crippen LogP contribution in [0.1, 0.15) is 0 Å². The van der Waals surface area contributed by atoms with Crippen LogP contribution >= 0.6 is 0 Å². The molecule has 242 valence electrons. The van der Waals surface area contributed by atoms with E-state index >= 15 is 0 Å². The Bertz CT molecular complexity index is 2900. The first-order valence-corrected chi connectivity index (χ1v) is 17.5. The summed E-state index contributed by atoms with van der Waals surface area (Å²) < 4.78 is 0. The highest BCUT2D eigenvalue weighted by Crippen LogP contribution is 2.36. The topological polar surface area (TPSA) is 51.6 Å². The highest BCUT2D eigenvalue weighted by molar-refractivity contribution is 6.14. The smallest absolute Gasteiger partial charge is 0.160 e. The maximum absolute atomic E-state index is 5.33. The molecule has 0 atom stereocenters. The number of pyridine rings is 2. The van der Waals surface area contributed by atoms with Gasteiger partial charge in [0.1, 0.15) is 0 Å². The summed E-state index contributed by atoms with van der Waals surface area (Å²) in [6, 6.07) is 63.2. The van der Waals surface area contributed by atoms with E-state index in [1.54, 1.807) is 0 Å². The Morgan fingerprint density at radius 2 is 0.788 bits per heavy atom. The highest BCUT2D eigenvalue weighted by Gasteiger charge is 2.14. The minimum absolute atomic E-state index is 0.693. The third-order valence-electron chi connectivity index (χ3n) is 9.85. The lowest BCUT2D eigenvalue weighted by molar-refractivity contribution is 1.18. The van der Waals surface area contributed by atoms with Crippen LogP contribution in [-0.2, 0) is 0 Å². The predicted octanol–water partition coefficient (Wildman–Crippen LogP) is 12.2. The Kier molecular flexibility index (Phi) is 7.10. The van der Waals surface area contributed by atoms with Crippen molar-refractivity contribution in [1.29, 1.82) is 0 Å². The van der Waals surface area contributed by atoms with Crippen LogP contribution < -0.4 is 0 Å². The molecule has 7 aromatic carbocycles. The quantitative estimate of drug-likeness (QED) is 0.172. The highest BCUT2D eigenvalue weighted by atomic mass is 14.9. The Hall–Kier alpha value is -7.04. The van der Waals surface area contributed by atoms with Gasteiger partial charge in [-0.25, -0.2) is 19.9 Å². The summed E-state index contributed by atoms with van der Waals surface area (Å²) in [6.45, 7) is 0. The van der Waals surface area contributed by atoms with Gasteiger partial charge in [0.2, 0.25) is 0 Å². The van der Waals surface area contributed by atoms with Crippen molar-refractivity contribution in [2.75, 3.05) is 0 Å². The molecule has 0 aliphatic heterocycles. The molecule has 4 heteroatoms. The average molecular weight is 663 g/mol. The summed E-state index contributed by atoms with van der Waals surface area (Å²) >= 11 is 0. The fourth-order valence-corrected chi connectivity index (χ4v) is 7.25. The van der Waals surface area contributed by atoms with Gasteiger partial charge >= 0.3 is 0 Å². The summed E-state index contributed by atoms with van der Waals surface area (Å²) in [5.74, 6) is 0.693. The molecule has 10 rings (SSSR count). The van der Waals surface area contributed by atoms with E-state index in [2.05, 4.69) is 146 Å². The SMILES string of the molecule is c1ccc(-c2cc(-c3cccc(-c4ccc5ccc6ccc(-c7cc8ccccc8c8ccccc78)nc6c5n4)c3)nc(-c3ccccc3)n2)cc1. The monoisotopic (exact) mass is 662 g/mol. The molecule has 4 nitrogen and oxygen atoms in total. The van der Waals surface area contributed by atoms with Gasteiger partial charge < -0.3 is 0 Å². The molecular weight excluding hydrogens is 633 g/mol. The molecule has 52 heavy (non-hydrogen) atoms. The lowest BCUT2D eigenvalue weighted by Gasteiger charge is -2.12. The fraction of sp³-hybridized carbons (Fsp3) is 0. The first-order chi connectivity index (χ1) is 25.7. The third kappa shape index (κ3) is 5.26. The van der Waals surface area contributed by atoms with Crippen molar-refractivity contribution < 1.29 is 0 Å². The molecule has 0 saturated carbocycles. The van der Waals surface area contributed by atoms with E-state index in [1.165, 1.54) is 21.5 Å². The van der Waals surface area contributed by atoms with E-state index in [9.17, 15) is 0 Å². The van der Waals surface area contributed by atoms with Crippen LogP contribution in [0.15, 0.2) is 182 Å². The van der Waals surface area contributed by atoms with Crippen molar-refractivity contribution in [2.24, 2.45) is 0 Å². The van der Waals surface area contributed by atoms with Gasteiger partial charge in [-0.3, -0.25) is 0 Å². The first kappa shape index (κ1) is 29.8. The van der Waals surface area contributed by atoms with E-state index < -0.39 is 0 Å². The summed E-state index contributed by atoms with van der Waals surface area (Å²) in [5, 5.41) is 6.97. The maximum atomic E-state index is 5.33. The van der Waals surface area contributed by atoms with Crippen molar-refractivity contribution in [3.63, 3.8) is 0 Å². The standard InChI is InChI=1S/C48H30N4/c1-3-12-31(13-4-1)44-30-45(52-48(51-44)34-14-5-2-6-15-34)37-18-11-17-36(28-37)42-26-24-32-22-23-33-25-27-43(50-47(33)46(32)49-42)41-29-35-16-7-8-19-38(35)39-20-9-10-21-40(39)41/h1-30H. The molecule has 0 fully saturated rings. The first-order valence-electron chi connectivity index (χ1n) is 17.5.